The van der Waals surface area contributed by atoms with Crippen LogP contribution in [0, 0.1) is 0 Å². The molecule has 2 aromatic rings. The minimum Gasteiger partial charge on any atom is -0.494 e. The molecule has 2 aromatic carbocycles. The quantitative estimate of drug-likeness (QED) is 0.654. The number of hydrogen-bond donors (Lipinski definition) is 2. The standard InChI is InChI=1S/C20H27NO4/c1-2-24-19-8-10-20(11-9-19)25-16-18(23)15-21(12-13-22)14-17-6-4-3-5-7-17/h3-11,18,22-23H,2,12-16H2,1H3/t18-/m0/s1. The first kappa shape index (κ1) is 19.2. The number of aliphatic hydroxyl groups excluding tert-OH is 2. The molecule has 5 heteroatoms. The van der Waals surface area contributed by atoms with Crippen LogP contribution in [-0.4, -0.2) is 54.1 Å². The molecule has 2 N–H and O–H groups in total. The van der Waals surface area contributed by atoms with E-state index in [4.69, 9.17) is 9.47 Å². The largest absolute Gasteiger partial charge is 0.494 e. The van der Waals surface area contributed by atoms with Gasteiger partial charge in [-0.1, -0.05) is 30.3 Å². The molecule has 0 aromatic heterocycles. The van der Waals surface area contributed by atoms with E-state index in [2.05, 4.69) is 0 Å². The van der Waals surface area contributed by atoms with Crippen molar-refractivity contribution in [2.24, 2.45) is 0 Å². The summed E-state index contributed by atoms with van der Waals surface area (Å²) in [5.74, 6) is 1.49. The van der Waals surface area contributed by atoms with Crippen LogP contribution < -0.4 is 9.47 Å². The molecule has 0 saturated carbocycles. The molecule has 0 amide bonds. The Balaban J connectivity index is 1.80. The lowest BCUT2D eigenvalue weighted by Crippen LogP contribution is -2.37. The summed E-state index contributed by atoms with van der Waals surface area (Å²) in [6.45, 7) is 4.45. The molecule has 0 bridgehead atoms. The molecule has 25 heavy (non-hydrogen) atoms. The highest BCUT2D eigenvalue weighted by molar-refractivity contribution is 5.31. The molecular formula is C20H27NO4. The van der Waals surface area contributed by atoms with Crippen LogP contribution in [0.4, 0.5) is 0 Å². The van der Waals surface area contributed by atoms with Crippen LogP contribution in [0.25, 0.3) is 0 Å². The van der Waals surface area contributed by atoms with Gasteiger partial charge in [-0.2, -0.15) is 0 Å². The Morgan fingerprint density at radius 1 is 0.960 bits per heavy atom. The first-order valence-corrected chi connectivity index (χ1v) is 8.62. The van der Waals surface area contributed by atoms with Crippen LogP contribution in [-0.2, 0) is 6.54 Å². The van der Waals surface area contributed by atoms with E-state index in [0.717, 1.165) is 11.3 Å². The van der Waals surface area contributed by atoms with E-state index < -0.39 is 6.10 Å². The molecule has 0 unspecified atom stereocenters. The van der Waals surface area contributed by atoms with Gasteiger partial charge >= 0.3 is 0 Å². The van der Waals surface area contributed by atoms with Gasteiger partial charge in [0.05, 0.1) is 13.2 Å². The maximum absolute atomic E-state index is 10.3. The smallest absolute Gasteiger partial charge is 0.119 e. The summed E-state index contributed by atoms with van der Waals surface area (Å²) >= 11 is 0. The summed E-state index contributed by atoms with van der Waals surface area (Å²) < 4.78 is 11.0. The molecule has 0 heterocycles. The van der Waals surface area contributed by atoms with Crippen LogP contribution in [0.2, 0.25) is 0 Å². The SMILES string of the molecule is CCOc1ccc(OC[C@@H](O)CN(CCO)Cc2ccccc2)cc1. The molecule has 0 aliphatic carbocycles. The van der Waals surface area contributed by atoms with Gasteiger partial charge in [0, 0.05) is 19.6 Å². The van der Waals surface area contributed by atoms with Gasteiger partial charge in [0.1, 0.15) is 24.2 Å². The zero-order valence-corrected chi connectivity index (χ0v) is 14.7. The lowest BCUT2D eigenvalue weighted by Gasteiger charge is -2.24. The Morgan fingerprint density at radius 2 is 1.60 bits per heavy atom. The predicted molar refractivity (Wildman–Crippen MR) is 97.9 cm³/mol. The molecule has 0 fully saturated rings. The Morgan fingerprint density at radius 3 is 2.20 bits per heavy atom. The van der Waals surface area contributed by atoms with Crippen LogP contribution in [0.1, 0.15) is 12.5 Å². The fourth-order valence-corrected chi connectivity index (χ4v) is 2.56. The van der Waals surface area contributed by atoms with Crippen LogP contribution in [0.5, 0.6) is 11.5 Å². The van der Waals surface area contributed by atoms with E-state index in [9.17, 15) is 10.2 Å². The van der Waals surface area contributed by atoms with Crippen molar-refractivity contribution in [3.05, 3.63) is 60.2 Å². The molecule has 0 spiro atoms. The third-order valence-electron chi connectivity index (χ3n) is 3.71. The average molecular weight is 345 g/mol. The van der Waals surface area contributed by atoms with Gasteiger partial charge in [-0.3, -0.25) is 4.90 Å². The normalized spacial score (nSPS) is 12.2. The van der Waals surface area contributed by atoms with E-state index in [1.54, 1.807) is 0 Å². The second-order valence-corrected chi connectivity index (χ2v) is 5.81. The number of rotatable bonds is 11. The molecule has 5 nitrogen and oxygen atoms in total. The van der Waals surface area contributed by atoms with Gasteiger partial charge in [0.2, 0.25) is 0 Å². The number of benzene rings is 2. The lowest BCUT2D eigenvalue weighted by molar-refractivity contribution is 0.0590. The van der Waals surface area contributed by atoms with Gasteiger partial charge in [0.25, 0.3) is 0 Å². The van der Waals surface area contributed by atoms with E-state index in [-0.39, 0.29) is 13.2 Å². The summed E-state index contributed by atoms with van der Waals surface area (Å²) in [6, 6.07) is 17.4. The van der Waals surface area contributed by atoms with Crippen molar-refractivity contribution in [3.8, 4) is 11.5 Å². The first-order chi connectivity index (χ1) is 12.2. The predicted octanol–water partition coefficient (Wildman–Crippen LogP) is 2.32. The highest BCUT2D eigenvalue weighted by atomic mass is 16.5. The van der Waals surface area contributed by atoms with Crippen molar-refractivity contribution in [2.75, 3.05) is 32.9 Å². The van der Waals surface area contributed by atoms with E-state index >= 15 is 0 Å². The maximum atomic E-state index is 10.3. The Hall–Kier alpha value is -2.08. The molecule has 0 aliphatic heterocycles. The van der Waals surface area contributed by atoms with Crippen molar-refractivity contribution < 1.29 is 19.7 Å². The van der Waals surface area contributed by atoms with Gasteiger partial charge in [-0.25, -0.2) is 0 Å². The molecule has 1 atom stereocenters. The van der Waals surface area contributed by atoms with Crippen molar-refractivity contribution in [1.29, 1.82) is 0 Å². The summed E-state index contributed by atoms with van der Waals surface area (Å²) in [4.78, 5) is 2.02. The summed E-state index contributed by atoms with van der Waals surface area (Å²) in [6.07, 6.45) is -0.637. The molecule has 2 rings (SSSR count). The minimum absolute atomic E-state index is 0.0549. The molecule has 0 aliphatic rings. The number of nitrogens with zero attached hydrogens (tertiary/aromatic N) is 1. The number of ether oxygens (including phenoxy) is 2. The van der Waals surface area contributed by atoms with E-state index in [0.29, 0.717) is 32.0 Å². The first-order valence-electron chi connectivity index (χ1n) is 8.62. The third kappa shape index (κ3) is 7.13. The minimum atomic E-state index is -0.637. The van der Waals surface area contributed by atoms with Gasteiger partial charge in [-0.05, 0) is 36.8 Å². The van der Waals surface area contributed by atoms with Crippen LogP contribution in [0.3, 0.4) is 0 Å². The summed E-state index contributed by atoms with van der Waals surface area (Å²) in [5, 5.41) is 19.5. The van der Waals surface area contributed by atoms with Crippen molar-refractivity contribution in [2.45, 2.75) is 19.6 Å². The average Bonchev–Trinajstić information content (AvgIpc) is 2.62. The second kappa shape index (κ2) is 10.7. The summed E-state index contributed by atoms with van der Waals surface area (Å²) in [7, 11) is 0. The molecule has 0 radical (unpaired) electrons. The van der Waals surface area contributed by atoms with Gasteiger partial charge in [-0.15, -0.1) is 0 Å². The van der Waals surface area contributed by atoms with Gasteiger partial charge in [0.15, 0.2) is 0 Å². The fraction of sp³-hybridized carbons (Fsp3) is 0.400. The Bertz CT molecular complexity index is 588. The maximum Gasteiger partial charge on any atom is 0.119 e. The zero-order chi connectivity index (χ0) is 17.9. The highest BCUT2D eigenvalue weighted by Crippen LogP contribution is 2.17. The molecular weight excluding hydrogens is 318 g/mol. The third-order valence-corrected chi connectivity index (χ3v) is 3.71. The highest BCUT2D eigenvalue weighted by Gasteiger charge is 2.13. The second-order valence-electron chi connectivity index (χ2n) is 5.81. The molecule has 136 valence electrons. The fourth-order valence-electron chi connectivity index (χ4n) is 2.56. The zero-order valence-electron chi connectivity index (χ0n) is 14.7. The number of aliphatic hydroxyl groups is 2. The van der Waals surface area contributed by atoms with Crippen molar-refractivity contribution in [1.82, 2.24) is 4.90 Å². The lowest BCUT2D eigenvalue weighted by atomic mass is 10.2. The summed E-state index contributed by atoms with van der Waals surface area (Å²) in [5.41, 5.74) is 1.15. The van der Waals surface area contributed by atoms with E-state index in [1.165, 1.54) is 0 Å². The van der Waals surface area contributed by atoms with Gasteiger partial charge < -0.3 is 19.7 Å². The van der Waals surface area contributed by atoms with Crippen molar-refractivity contribution in [3.63, 3.8) is 0 Å². The van der Waals surface area contributed by atoms with Crippen molar-refractivity contribution >= 4 is 0 Å². The molecule has 0 saturated heterocycles. The number of hydrogen-bond acceptors (Lipinski definition) is 5. The topological polar surface area (TPSA) is 62.2 Å². The Kier molecular flexibility index (Phi) is 8.25. The van der Waals surface area contributed by atoms with Crippen LogP contribution >= 0.6 is 0 Å². The monoisotopic (exact) mass is 345 g/mol. The van der Waals surface area contributed by atoms with Crippen LogP contribution in [0.15, 0.2) is 54.6 Å². The van der Waals surface area contributed by atoms with E-state index in [1.807, 2.05) is 66.4 Å². The Labute approximate surface area is 149 Å².